The fourth-order valence-corrected chi connectivity index (χ4v) is 2.86. The number of thiophene rings is 1. The summed E-state index contributed by atoms with van der Waals surface area (Å²) in [6.45, 7) is 5.27. The smallest absolute Gasteiger partial charge is 0.0964 e. The molecule has 16 heavy (non-hydrogen) atoms. The first-order chi connectivity index (χ1) is 7.79. The number of nitrogens with zero attached hydrogens (tertiary/aromatic N) is 1. The second-order valence-corrected chi connectivity index (χ2v) is 5.11. The van der Waals surface area contributed by atoms with E-state index in [1.807, 2.05) is 0 Å². The zero-order valence-electron chi connectivity index (χ0n) is 9.63. The van der Waals surface area contributed by atoms with Crippen LogP contribution in [0.2, 0.25) is 0 Å². The minimum Gasteiger partial charge on any atom is -0.396 e. The Morgan fingerprint density at radius 1 is 1.56 bits per heavy atom. The zero-order chi connectivity index (χ0) is 11.4. The first kappa shape index (κ1) is 12.0. The summed E-state index contributed by atoms with van der Waals surface area (Å²) in [5.74, 6) is 0. The summed E-state index contributed by atoms with van der Waals surface area (Å²) in [4.78, 5) is 2.38. The minimum atomic E-state index is 0.202. The van der Waals surface area contributed by atoms with Crippen molar-refractivity contribution in [1.29, 1.82) is 0 Å². The van der Waals surface area contributed by atoms with Gasteiger partial charge in [0.2, 0.25) is 0 Å². The fraction of sp³-hybridized carbons (Fsp3) is 0.667. The van der Waals surface area contributed by atoms with Crippen LogP contribution in [-0.4, -0.2) is 42.4 Å². The van der Waals surface area contributed by atoms with Gasteiger partial charge in [-0.15, -0.1) is 0 Å². The predicted molar refractivity (Wildman–Crippen MR) is 65.7 cm³/mol. The van der Waals surface area contributed by atoms with E-state index in [0.717, 1.165) is 26.1 Å². The van der Waals surface area contributed by atoms with Crippen LogP contribution < -0.4 is 0 Å². The Balaban J connectivity index is 1.94. The molecular weight excluding hydrogens is 222 g/mol. The molecule has 90 valence electrons. The Morgan fingerprint density at radius 3 is 3.12 bits per heavy atom. The van der Waals surface area contributed by atoms with Gasteiger partial charge in [0.05, 0.1) is 12.2 Å². The van der Waals surface area contributed by atoms with E-state index in [2.05, 4.69) is 28.7 Å². The summed E-state index contributed by atoms with van der Waals surface area (Å²) >= 11 is 1.72. The van der Waals surface area contributed by atoms with E-state index < -0.39 is 0 Å². The van der Waals surface area contributed by atoms with Crippen molar-refractivity contribution in [2.45, 2.75) is 25.6 Å². The monoisotopic (exact) mass is 241 g/mol. The highest BCUT2D eigenvalue weighted by molar-refractivity contribution is 7.07. The van der Waals surface area contributed by atoms with Gasteiger partial charge in [-0.05, 0) is 35.7 Å². The molecule has 1 aromatic rings. The predicted octanol–water partition coefficient (Wildman–Crippen LogP) is 1.89. The molecule has 0 amide bonds. The molecule has 2 unspecified atom stereocenters. The van der Waals surface area contributed by atoms with Crippen molar-refractivity contribution >= 4 is 11.3 Å². The Labute approximate surface area is 101 Å². The minimum absolute atomic E-state index is 0.202. The van der Waals surface area contributed by atoms with Gasteiger partial charge in [0.1, 0.15) is 0 Å². The molecule has 4 heteroatoms. The maximum Gasteiger partial charge on any atom is 0.0964 e. The summed E-state index contributed by atoms with van der Waals surface area (Å²) in [6.07, 6.45) is 1.33. The Morgan fingerprint density at radius 2 is 2.44 bits per heavy atom. The van der Waals surface area contributed by atoms with Gasteiger partial charge in [0.15, 0.2) is 0 Å². The average molecular weight is 241 g/mol. The van der Waals surface area contributed by atoms with E-state index in [1.165, 1.54) is 5.56 Å². The van der Waals surface area contributed by atoms with Crippen LogP contribution in [0.5, 0.6) is 0 Å². The second kappa shape index (κ2) is 5.77. The molecule has 0 radical (unpaired) electrons. The summed E-state index contributed by atoms with van der Waals surface area (Å²) < 4.78 is 5.94. The van der Waals surface area contributed by atoms with Gasteiger partial charge in [0, 0.05) is 26.2 Å². The Kier molecular flexibility index (Phi) is 4.35. The lowest BCUT2D eigenvalue weighted by Crippen LogP contribution is -2.43. The number of ether oxygens (including phenoxy) is 1. The first-order valence-electron chi connectivity index (χ1n) is 5.80. The molecule has 0 aliphatic carbocycles. The summed E-state index contributed by atoms with van der Waals surface area (Å²) in [7, 11) is 0. The average Bonchev–Trinajstić information content (AvgIpc) is 2.79. The van der Waals surface area contributed by atoms with Crippen LogP contribution in [0.1, 0.15) is 25.0 Å². The van der Waals surface area contributed by atoms with Gasteiger partial charge in [-0.2, -0.15) is 11.3 Å². The number of aliphatic hydroxyl groups is 1. The highest BCUT2D eigenvalue weighted by Gasteiger charge is 2.26. The van der Waals surface area contributed by atoms with Crippen molar-refractivity contribution in [3.63, 3.8) is 0 Å². The van der Waals surface area contributed by atoms with Gasteiger partial charge < -0.3 is 9.84 Å². The largest absolute Gasteiger partial charge is 0.396 e. The van der Waals surface area contributed by atoms with Crippen LogP contribution in [0.3, 0.4) is 0 Å². The fourth-order valence-electron chi connectivity index (χ4n) is 2.16. The molecule has 0 saturated carbocycles. The van der Waals surface area contributed by atoms with Gasteiger partial charge in [-0.3, -0.25) is 4.90 Å². The van der Waals surface area contributed by atoms with E-state index in [-0.39, 0.29) is 18.8 Å². The van der Waals surface area contributed by atoms with Gasteiger partial charge in [0.25, 0.3) is 0 Å². The van der Waals surface area contributed by atoms with Gasteiger partial charge >= 0.3 is 0 Å². The van der Waals surface area contributed by atoms with Crippen molar-refractivity contribution < 1.29 is 9.84 Å². The molecule has 0 spiro atoms. The molecule has 1 saturated heterocycles. The van der Waals surface area contributed by atoms with Gasteiger partial charge in [-0.25, -0.2) is 0 Å². The number of morpholine rings is 1. The van der Waals surface area contributed by atoms with E-state index >= 15 is 0 Å². The topological polar surface area (TPSA) is 32.7 Å². The summed E-state index contributed by atoms with van der Waals surface area (Å²) in [5.41, 5.74) is 1.28. The van der Waals surface area contributed by atoms with Crippen molar-refractivity contribution in [2.75, 3.05) is 26.2 Å². The first-order valence-corrected chi connectivity index (χ1v) is 6.74. The molecule has 1 aliphatic rings. The van der Waals surface area contributed by atoms with Gasteiger partial charge in [-0.1, -0.05) is 0 Å². The molecule has 2 atom stereocenters. The Bertz CT molecular complexity index is 302. The number of hydrogen-bond donors (Lipinski definition) is 1. The molecule has 3 nitrogen and oxygen atoms in total. The normalized spacial score (nSPS) is 27.1. The number of hydrogen-bond acceptors (Lipinski definition) is 4. The Hall–Kier alpha value is -0.420. The quantitative estimate of drug-likeness (QED) is 0.874. The SMILES string of the molecule is CC1CN(CCCO)CC(c2ccsc2)O1. The summed E-state index contributed by atoms with van der Waals surface area (Å²) in [5, 5.41) is 13.1. The lowest BCUT2D eigenvalue weighted by Gasteiger charge is -2.36. The van der Waals surface area contributed by atoms with E-state index in [9.17, 15) is 0 Å². The van der Waals surface area contributed by atoms with Crippen molar-refractivity contribution in [3.05, 3.63) is 22.4 Å². The molecular formula is C12H19NO2S. The number of aliphatic hydroxyl groups excluding tert-OH is 1. The molecule has 0 bridgehead atoms. The van der Waals surface area contributed by atoms with Crippen LogP contribution in [0.15, 0.2) is 16.8 Å². The highest BCUT2D eigenvalue weighted by atomic mass is 32.1. The molecule has 1 N–H and O–H groups in total. The molecule has 2 heterocycles. The maximum absolute atomic E-state index is 8.86. The third-order valence-electron chi connectivity index (χ3n) is 2.88. The molecule has 1 aromatic heterocycles. The van der Waals surface area contributed by atoms with E-state index in [0.29, 0.717) is 0 Å². The zero-order valence-corrected chi connectivity index (χ0v) is 10.4. The lowest BCUT2D eigenvalue weighted by atomic mass is 10.1. The molecule has 1 aliphatic heterocycles. The molecule has 1 fully saturated rings. The molecule has 2 rings (SSSR count). The van der Waals surface area contributed by atoms with Crippen LogP contribution >= 0.6 is 11.3 Å². The second-order valence-electron chi connectivity index (χ2n) is 4.33. The van der Waals surface area contributed by atoms with E-state index in [1.54, 1.807) is 11.3 Å². The van der Waals surface area contributed by atoms with Crippen molar-refractivity contribution in [1.82, 2.24) is 4.90 Å². The summed E-state index contributed by atoms with van der Waals surface area (Å²) in [6, 6.07) is 2.14. The third-order valence-corrected chi connectivity index (χ3v) is 3.58. The van der Waals surface area contributed by atoms with Crippen LogP contribution in [0, 0.1) is 0 Å². The van der Waals surface area contributed by atoms with Crippen LogP contribution in [-0.2, 0) is 4.74 Å². The van der Waals surface area contributed by atoms with E-state index in [4.69, 9.17) is 9.84 Å². The number of rotatable bonds is 4. The standard InChI is InChI=1S/C12H19NO2S/c1-10-7-13(4-2-5-14)8-12(15-10)11-3-6-16-9-11/h3,6,9-10,12,14H,2,4-5,7-8H2,1H3. The molecule has 0 aromatic carbocycles. The maximum atomic E-state index is 8.86. The van der Waals surface area contributed by atoms with Crippen LogP contribution in [0.4, 0.5) is 0 Å². The lowest BCUT2D eigenvalue weighted by molar-refractivity contribution is -0.0795. The van der Waals surface area contributed by atoms with Crippen LogP contribution in [0.25, 0.3) is 0 Å². The third kappa shape index (κ3) is 3.04. The van der Waals surface area contributed by atoms with Crippen molar-refractivity contribution in [2.24, 2.45) is 0 Å². The van der Waals surface area contributed by atoms with Crippen molar-refractivity contribution in [3.8, 4) is 0 Å². The highest BCUT2D eigenvalue weighted by Crippen LogP contribution is 2.26.